The van der Waals surface area contributed by atoms with Gasteiger partial charge >= 0.3 is 5.97 Å². The number of hydrogen-bond acceptors (Lipinski definition) is 5. The first kappa shape index (κ1) is 17.7. The van der Waals surface area contributed by atoms with Crippen molar-refractivity contribution in [2.75, 3.05) is 0 Å². The van der Waals surface area contributed by atoms with Crippen LogP contribution in [0.5, 0.6) is 5.75 Å². The molecule has 138 valence electrons. The van der Waals surface area contributed by atoms with E-state index in [4.69, 9.17) is 5.11 Å². The molecular formula is C21H14N3O3S-. The number of hydrogen-bond donors (Lipinski definition) is 1. The van der Waals surface area contributed by atoms with Gasteiger partial charge < -0.3 is 10.2 Å². The summed E-state index contributed by atoms with van der Waals surface area (Å²) < 4.78 is 1.78. The Kier molecular flexibility index (Phi) is 4.74. The zero-order chi connectivity index (χ0) is 19.5. The topological polar surface area (TPSA) is 90.5 Å². The van der Waals surface area contributed by atoms with Gasteiger partial charge in [-0.2, -0.15) is 5.10 Å². The maximum Gasteiger partial charge on any atom is 0.335 e. The molecule has 4 aromatic rings. The quantitative estimate of drug-likeness (QED) is 0.521. The maximum atomic E-state index is 11.9. The van der Waals surface area contributed by atoms with Gasteiger partial charge in [-0.15, -0.1) is 11.3 Å². The lowest BCUT2D eigenvalue weighted by molar-refractivity contribution is -0.268. The molecule has 0 aliphatic heterocycles. The van der Waals surface area contributed by atoms with E-state index < -0.39 is 11.7 Å². The summed E-state index contributed by atoms with van der Waals surface area (Å²) in [6, 6.07) is 17.7. The van der Waals surface area contributed by atoms with Crippen LogP contribution in [0.2, 0.25) is 0 Å². The molecule has 0 bridgehead atoms. The molecule has 2 aromatic heterocycles. The molecule has 28 heavy (non-hydrogen) atoms. The first-order chi connectivity index (χ1) is 13.6. The minimum atomic E-state index is -1.25. The number of para-hydroxylation sites is 1. The van der Waals surface area contributed by atoms with Gasteiger partial charge in [-0.05, 0) is 41.8 Å². The van der Waals surface area contributed by atoms with Gasteiger partial charge in [-0.25, -0.2) is 9.48 Å². The maximum absolute atomic E-state index is 11.9. The summed E-state index contributed by atoms with van der Waals surface area (Å²) in [5.41, 5.74) is 2.62. The van der Waals surface area contributed by atoms with E-state index in [0.717, 1.165) is 21.8 Å². The van der Waals surface area contributed by atoms with E-state index in [1.54, 1.807) is 22.2 Å². The van der Waals surface area contributed by atoms with Crippen LogP contribution in [0.15, 0.2) is 77.2 Å². The molecule has 0 radical (unpaired) electrons. The molecule has 1 N–H and O–H groups in total. The van der Waals surface area contributed by atoms with E-state index in [-0.39, 0.29) is 5.56 Å². The highest BCUT2D eigenvalue weighted by Crippen LogP contribution is 2.28. The second-order valence-corrected chi connectivity index (χ2v) is 6.88. The van der Waals surface area contributed by atoms with Gasteiger partial charge in [0.1, 0.15) is 5.69 Å². The highest BCUT2D eigenvalue weighted by atomic mass is 32.1. The van der Waals surface area contributed by atoms with Gasteiger partial charge in [0.15, 0.2) is 0 Å². The Bertz CT molecular complexity index is 1150. The third kappa shape index (κ3) is 3.56. The number of benzene rings is 2. The Balaban J connectivity index is 1.72. The molecule has 7 heteroatoms. The Morgan fingerprint density at radius 2 is 1.96 bits per heavy atom. The summed E-state index contributed by atoms with van der Waals surface area (Å²) in [5, 5.41) is 27.5. The van der Waals surface area contributed by atoms with Crippen LogP contribution in [-0.2, 0) is 0 Å². The van der Waals surface area contributed by atoms with Crippen molar-refractivity contribution in [2.45, 2.75) is 0 Å². The van der Waals surface area contributed by atoms with Crippen molar-refractivity contribution in [1.82, 2.24) is 9.78 Å². The molecule has 0 amide bonds. The lowest BCUT2D eigenvalue weighted by Crippen LogP contribution is -2.02. The summed E-state index contributed by atoms with van der Waals surface area (Å²) in [6.07, 6.45) is 3.51. The van der Waals surface area contributed by atoms with Crippen LogP contribution in [0, 0.1) is 0 Å². The number of carboxylic acids is 1. The van der Waals surface area contributed by atoms with Crippen molar-refractivity contribution in [2.24, 2.45) is 4.99 Å². The molecule has 0 aliphatic carbocycles. The van der Waals surface area contributed by atoms with Crippen LogP contribution >= 0.6 is 11.3 Å². The first-order valence-electron chi connectivity index (χ1n) is 8.39. The second kappa shape index (κ2) is 7.50. The summed E-state index contributed by atoms with van der Waals surface area (Å²) in [5.74, 6) is -1.81. The van der Waals surface area contributed by atoms with Crippen LogP contribution in [0.4, 0.5) is 5.69 Å². The van der Waals surface area contributed by atoms with E-state index in [1.165, 1.54) is 18.2 Å². The number of nitrogens with zero attached hydrogens (tertiary/aromatic N) is 3. The summed E-state index contributed by atoms with van der Waals surface area (Å²) in [6.45, 7) is 0. The highest BCUT2D eigenvalue weighted by Gasteiger charge is 2.12. The van der Waals surface area contributed by atoms with Gasteiger partial charge in [0, 0.05) is 18.0 Å². The van der Waals surface area contributed by atoms with Crippen molar-refractivity contribution in [1.29, 1.82) is 0 Å². The number of carbonyl (C=O) groups is 1. The lowest BCUT2D eigenvalue weighted by Gasteiger charge is -2.09. The zero-order valence-electron chi connectivity index (χ0n) is 14.5. The number of rotatable bonds is 5. The van der Waals surface area contributed by atoms with Crippen molar-refractivity contribution in [3.63, 3.8) is 0 Å². The molecule has 0 saturated carbocycles. The monoisotopic (exact) mass is 388 g/mol. The zero-order valence-corrected chi connectivity index (χ0v) is 15.3. The second-order valence-electron chi connectivity index (χ2n) is 5.93. The van der Waals surface area contributed by atoms with Crippen molar-refractivity contribution < 1.29 is 15.0 Å². The lowest BCUT2D eigenvalue weighted by atomic mass is 10.2. The molecule has 2 heterocycles. The molecule has 0 spiro atoms. The fourth-order valence-corrected chi connectivity index (χ4v) is 3.44. The number of aromatic nitrogens is 2. The molecule has 4 rings (SSSR count). The molecule has 2 aromatic carbocycles. The average Bonchev–Trinajstić information content (AvgIpc) is 3.36. The van der Waals surface area contributed by atoms with Crippen molar-refractivity contribution >= 4 is 29.2 Å². The molecule has 0 saturated heterocycles. The predicted molar refractivity (Wildman–Crippen MR) is 107 cm³/mol. The van der Waals surface area contributed by atoms with Crippen LogP contribution < -0.4 is 5.11 Å². The minimum absolute atomic E-state index is 0.268. The Labute approximate surface area is 164 Å². The molecule has 0 atom stereocenters. The van der Waals surface area contributed by atoms with Gasteiger partial charge in [-0.3, -0.25) is 4.99 Å². The van der Waals surface area contributed by atoms with Crippen molar-refractivity contribution in [3.05, 3.63) is 83.4 Å². The Hall–Kier alpha value is -3.71. The van der Waals surface area contributed by atoms with Gasteiger partial charge in [0.05, 0.1) is 21.8 Å². The van der Waals surface area contributed by atoms with E-state index in [9.17, 15) is 9.90 Å². The predicted octanol–water partition coefficient (Wildman–Crippen LogP) is 4.12. The summed E-state index contributed by atoms with van der Waals surface area (Å²) in [7, 11) is 0. The fourth-order valence-electron chi connectivity index (χ4n) is 2.71. The third-order valence-corrected chi connectivity index (χ3v) is 4.94. The SMILES string of the molecule is O=C(O)c1ccc(N=Cc2cn(-c3ccccc3)nc2-c2cccs2)cc1[O-]. The van der Waals surface area contributed by atoms with Gasteiger partial charge in [0.2, 0.25) is 0 Å². The smallest absolute Gasteiger partial charge is 0.335 e. The van der Waals surface area contributed by atoms with Crippen LogP contribution in [-0.4, -0.2) is 27.1 Å². The Morgan fingerprint density at radius 3 is 2.64 bits per heavy atom. The highest BCUT2D eigenvalue weighted by molar-refractivity contribution is 7.13. The van der Waals surface area contributed by atoms with E-state index >= 15 is 0 Å². The fraction of sp³-hybridized carbons (Fsp3) is 0. The van der Waals surface area contributed by atoms with Crippen LogP contribution in [0.25, 0.3) is 16.3 Å². The number of carboxylic acid groups (broad SMARTS) is 1. The minimum Gasteiger partial charge on any atom is -0.872 e. The van der Waals surface area contributed by atoms with Gasteiger partial charge in [0.25, 0.3) is 0 Å². The Morgan fingerprint density at radius 1 is 1.14 bits per heavy atom. The third-order valence-electron chi connectivity index (χ3n) is 4.07. The van der Waals surface area contributed by atoms with E-state index in [2.05, 4.69) is 10.1 Å². The number of aliphatic imine (C=N–C) groups is 1. The average molecular weight is 388 g/mol. The standard InChI is InChI=1S/C21H15N3O3S/c25-18-11-15(8-9-17(18)21(26)27)22-12-14-13-24(16-5-2-1-3-6-16)23-20(14)19-7-4-10-28-19/h1-13,25H,(H,26,27)/p-1. The summed E-state index contributed by atoms with van der Waals surface area (Å²) >= 11 is 1.58. The molecule has 0 fully saturated rings. The van der Waals surface area contributed by atoms with E-state index in [0.29, 0.717) is 5.69 Å². The summed E-state index contributed by atoms with van der Waals surface area (Å²) in [4.78, 5) is 16.3. The normalized spacial score (nSPS) is 11.1. The van der Waals surface area contributed by atoms with Crippen LogP contribution in [0.3, 0.4) is 0 Å². The van der Waals surface area contributed by atoms with Gasteiger partial charge in [-0.1, -0.05) is 30.0 Å². The molecule has 6 nitrogen and oxygen atoms in total. The number of thiophene rings is 1. The molecule has 0 unspecified atom stereocenters. The first-order valence-corrected chi connectivity index (χ1v) is 9.27. The largest absolute Gasteiger partial charge is 0.872 e. The van der Waals surface area contributed by atoms with Crippen LogP contribution in [0.1, 0.15) is 15.9 Å². The molecule has 0 aliphatic rings. The van der Waals surface area contributed by atoms with E-state index in [1.807, 2.05) is 54.0 Å². The van der Waals surface area contributed by atoms with Crippen molar-refractivity contribution in [3.8, 4) is 22.0 Å². The number of aromatic carboxylic acids is 1. The molecular weight excluding hydrogens is 374 g/mol.